The van der Waals surface area contributed by atoms with Gasteiger partial charge in [0.15, 0.2) is 0 Å². The van der Waals surface area contributed by atoms with Crippen LogP contribution < -0.4 is 10.5 Å². The molecule has 1 atom stereocenters. The van der Waals surface area contributed by atoms with Gasteiger partial charge in [-0.05, 0) is 17.1 Å². The number of nitrogens with zero attached hydrogens (tertiary/aromatic N) is 3. The molecule has 24 heavy (non-hydrogen) atoms. The minimum Gasteiger partial charge on any atom is -0.480 e. The highest BCUT2D eigenvalue weighted by Crippen LogP contribution is 2.23. The van der Waals surface area contributed by atoms with Crippen LogP contribution in [0.25, 0.3) is 0 Å². The fraction of sp³-hybridized carbons (Fsp3) is 0.412. The van der Waals surface area contributed by atoms with E-state index in [9.17, 15) is 4.79 Å². The summed E-state index contributed by atoms with van der Waals surface area (Å²) in [6, 6.07) is 11.4. The van der Waals surface area contributed by atoms with E-state index in [1.54, 1.807) is 7.11 Å². The summed E-state index contributed by atoms with van der Waals surface area (Å²) in [6.45, 7) is 4.30. The molecule has 0 bridgehead atoms. The average Bonchev–Trinajstić information content (AvgIpc) is 3.05. The Morgan fingerprint density at radius 1 is 1.29 bits per heavy atom. The lowest BCUT2D eigenvalue weighted by Crippen LogP contribution is -2.49. The van der Waals surface area contributed by atoms with Gasteiger partial charge in [-0.15, -0.1) is 0 Å². The van der Waals surface area contributed by atoms with Crippen LogP contribution in [0.4, 0.5) is 0 Å². The number of piperazine rings is 1. The predicted octanol–water partition coefficient (Wildman–Crippen LogP) is 1.50. The van der Waals surface area contributed by atoms with Gasteiger partial charge in [0.25, 0.3) is 0 Å². The summed E-state index contributed by atoms with van der Waals surface area (Å²) in [6.07, 6.45) is 0. The van der Waals surface area contributed by atoms with Crippen LogP contribution in [0.1, 0.15) is 16.5 Å². The van der Waals surface area contributed by atoms with E-state index in [0.29, 0.717) is 5.88 Å². The van der Waals surface area contributed by atoms with Gasteiger partial charge >= 0.3 is 0 Å². The molecule has 0 radical (unpaired) electrons. The second-order valence-electron chi connectivity index (χ2n) is 5.86. The van der Waals surface area contributed by atoms with Crippen LogP contribution in [0.15, 0.2) is 36.4 Å². The molecule has 2 N–H and O–H groups in total. The molecule has 1 saturated heterocycles. The zero-order valence-electron chi connectivity index (χ0n) is 13.7. The Kier molecular flexibility index (Phi) is 5.44. The molecule has 128 valence electrons. The number of amides is 1. The quantitative estimate of drug-likeness (QED) is 0.858. The van der Waals surface area contributed by atoms with Gasteiger partial charge in [-0.3, -0.25) is 14.6 Å². The van der Waals surface area contributed by atoms with Crippen molar-refractivity contribution in [2.24, 2.45) is 5.73 Å². The number of rotatable bonds is 6. The van der Waals surface area contributed by atoms with Crippen molar-refractivity contribution in [2.45, 2.75) is 12.6 Å². The van der Waals surface area contributed by atoms with Crippen LogP contribution in [0.5, 0.6) is 5.88 Å². The monoisotopic (exact) mass is 346 g/mol. The Hall–Kier alpha value is -1.96. The summed E-state index contributed by atoms with van der Waals surface area (Å²) in [7, 11) is 1.63. The maximum absolute atomic E-state index is 12.0. The first kappa shape index (κ1) is 16.9. The van der Waals surface area contributed by atoms with E-state index >= 15 is 0 Å². The van der Waals surface area contributed by atoms with Gasteiger partial charge in [0.05, 0.1) is 7.11 Å². The molecule has 1 aliphatic rings. The zero-order valence-corrected chi connectivity index (χ0v) is 14.5. The summed E-state index contributed by atoms with van der Waals surface area (Å²) in [4.78, 5) is 17.7. The van der Waals surface area contributed by atoms with Crippen LogP contribution >= 0.6 is 11.5 Å². The number of benzene rings is 1. The molecule has 1 fully saturated rings. The molecular formula is C17H22N4O2S. The van der Waals surface area contributed by atoms with Crippen molar-refractivity contribution in [3.63, 3.8) is 0 Å². The van der Waals surface area contributed by atoms with Gasteiger partial charge in [0.2, 0.25) is 11.8 Å². The molecule has 0 aliphatic carbocycles. The van der Waals surface area contributed by atoms with Crippen LogP contribution in [0.2, 0.25) is 0 Å². The molecule has 0 saturated carbocycles. The van der Waals surface area contributed by atoms with E-state index in [4.69, 9.17) is 10.5 Å². The SMILES string of the molecule is COc1cc(CN2CCN(C(C(N)=O)c3ccccc3)CC2)sn1. The van der Waals surface area contributed by atoms with Crippen molar-refractivity contribution in [3.8, 4) is 5.88 Å². The highest BCUT2D eigenvalue weighted by atomic mass is 32.1. The van der Waals surface area contributed by atoms with Crippen molar-refractivity contribution < 1.29 is 9.53 Å². The molecule has 0 spiro atoms. The molecule has 1 unspecified atom stereocenters. The summed E-state index contributed by atoms with van der Waals surface area (Å²) in [5.74, 6) is 0.383. The van der Waals surface area contributed by atoms with Gasteiger partial charge in [0.1, 0.15) is 6.04 Å². The number of hydrogen-bond donors (Lipinski definition) is 1. The van der Waals surface area contributed by atoms with Crippen LogP contribution in [0.3, 0.4) is 0 Å². The number of methoxy groups -OCH3 is 1. The summed E-state index contributed by atoms with van der Waals surface area (Å²) in [5, 5.41) is 0. The molecule has 7 heteroatoms. The maximum atomic E-state index is 12.0. The number of nitrogens with two attached hydrogens (primary N) is 1. The molecule has 1 aromatic heterocycles. The lowest BCUT2D eigenvalue weighted by molar-refractivity contribution is -0.124. The van der Waals surface area contributed by atoms with Gasteiger partial charge in [-0.1, -0.05) is 30.3 Å². The van der Waals surface area contributed by atoms with Crippen molar-refractivity contribution in [1.82, 2.24) is 14.2 Å². The molecule has 3 rings (SSSR count). The smallest absolute Gasteiger partial charge is 0.239 e. The Bertz CT molecular complexity index is 668. The lowest BCUT2D eigenvalue weighted by atomic mass is 10.0. The number of primary amides is 1. The van der Waals surface area contributed by atoms with Crippen molar-refractivity contribution in [2.75, 3.05) is 33.3 Å². The second-order valence-corrected chi connectivity index (χ2v) is 6.75. The van der Waals surface area contributed by atoms with E-state index in [1.165, 1.54) is 16.4 Å². The number of ether oxygens (including phenoxy) is 1. The third-order valence-corrected chi connectivity index (χ3v) is 5.04. The van der Waals surface area contributed by atoms with Gasteiger partial charge in [-0.25, -0.2) is 0 Å². The number of aromatic nitrogens is 1. The van der Waals surface area contributed by atoms with Crippen molar-refractivity contribution in [3.05, 3.63) is 46.8 Å². The molecule has 6 nitrogen and oxygen atoms in total. The highest BCUT2D eigenvalue weighted by molar-refractivity contribution is 7.05. The Morgan fingerprint density at radius 2 is 2.00 bits per heavy atom. The Morgan fingerprint density at radius 3 is 2.58 bits per heavy atom. The van der Waals surface area contributed by atoms with Gasteiger partial charge in [-0.2, -0.15) is 4.37 Å². The van der Waals surface area contributed by atoms with Gasteiger partial charge in [0, 0.05) is 43.7 Å². The van der Waals surface area contributed by atoms with E-state index in [2.05, 4.69) is 14.2 Å². The second kappa shape index (κ2) is 7.74. The highest BCUT2D eigenvalue weighted by Gasteiger charge is 2.28. The number of hydrogen-bond acceptors (Lipinski definition) is 6. The third kappa shape index (κ3) is 3.92. The summed E-state index contributed by atoms with van der Waals surface area (Å²) >= 11 is 1.47. The largest absolute Gasteiger partial charge is 0.480 e. The average molecular weight is 346 g/mol. The lowest BCUT2D eigenvalue weighted by Gasteiger charge is -2.38. The van der Waals surface area contributed by atoms with Gasteiger partial charge < -0.3 is 10.5 Å². The molecule has 1 amide bonds. The number of carbonyl (C=O) groups excluding carboxylic acids is 1. The van der Waals surface area contributed by atoms with E-state index < -0.39 is 0 Å². The van der Waals surface area contributed by atoms with Crippen LogP contribution in [-0.2, 0) is 11.3 Å². The first-order valence-electron chi connectivity index (χ1n) is 7.97. The Labute approximate surface area is 146 Å². The van der Waals surface area contributed by atoms with E-state index in [1.807, 2.05) is 36.4 Å². The molecule has 1 aliphatic heterocycles. The molecular weight excluding hydrogens is 324 g/mol. The maximum Gasteiger partial charge on any atom is 0.239 e. The Balaban J connectivity index is 1.60. The number of carbonyl (C=O) groups is 1. The predicted molar refractivity (Wildman–Crippen MR) is 93.9 cm³/mol. The first-order valence-corrected chi connectivity index (χ1v) is 8.75. The van der Waals surface area contributed by atoms with Crippen LogP contribution in [0, 0.1) is 0 Å². The fourth-order valence-corrected chi connectivity index (χ4v) is 3.78. The van der Waals surface area contributed by atoms with Crippen molar-refractivity contribution in [1.29, 1.82) is 0 Å². The normalized spacial score (nSPS) is 17.5. The van der Waals surface area contributed by atoms with E-state index in [-0.39, 0.29) is 11.9 Å². The first-order chi connectivity index (χ1) is 11.7. The molecule has 2 aromatic rings. The molecule has 2 heterocycles. The summed E-state index contributed by atoms with van der Waals surface area (Å²) < 4.78 is 9.36. The zero-order chi connectivity index (χ0) is 16.9. The van der Waals surface area contributed by atoms with E-state index in [0.717, 1.165) is 38.3 Å². The minimum absolute atomic E-state index is 0.290. The fourth-order valence-electron chi connectivity index (χ4n) is 3.06. The van der Waals surface area contributed by atoms with Crippen molar-refractivity contribution >= 4 is 17.4 Å². The summed E-state index contributed by atoms with van der Waals surface area (Å²) in [5.41, 5.74) is 6.62. The topological polar surface area (TPSA) is 71.7 Å². The van der Waals surface area contributed by atoms with Crippen LogP contribution in [-0.4, -0.2) is 53.4 Å². The minimum atomic E-state index is -0.350. The molecule has 1 aromatic carbocycles. The third-order valence-electron chi connectivity index (χ3n) is 4.28. The standard InChI is InChI=1S/C17H22N4O2S/c1-23-15-11-14(24-19-15)12-20-7-9-21(10-8-20)16(17(18)22)13-5-3-2-4-6-13/h2-6,11,16H,7-10,12H2,1H3,(H2,18,22).